The molecule has 1 heterocycles. The van der Waals surface area contributed by atoms with E-state index in [1.807, 2.05) is 12.1 Å². The highest BCUT2D eigenvalue weighted by molar-refractivity contribution is 7.92. The molecule has 1 unspecified atom stereocenters. The van der Waals surface area contributed by atoms with Crippen molar-refractivity contribution < 1.29 is 17.6 Å². The minimum atomic E-state index is -3.73. The molecular weight excluding hydrogens is 376 g/mol. The van der Waals surface area contributed by atoms with Crippen molar-refractivity contribution in [1.29, 1.82) is 0 Å². The van der Waals surface area contributed by atoms with E-state index in [1.165, 1.54) is 6.26 Å². The quantitative estimate of drug-likeness (QED) is 0.596. The number of carbonyl (C=O) groups excluding carboxylic acids is 1. The van der Waals surface area contributed by atoms with Crippen molar-refractivity contribution in [2.45, 2.75) is 31.1 Å². The minimum absolute atomic E-state index is 0.174. The Bertz CT molecular complexity index is 1040. The Morgan fingerprint density at radius 3 is 2.39 bits per heavy atom. The number of amides is 1. The van der Waals surface area contributed by atoms with Gasteiger partial charge < -0.3 is 9.73 Å². The Labute approximate surface area is 164 Å². The van der Waals surface area contributed by atoms with Crippen LogP contribution in [0.25, 0.3) is 0 Å². The van der Waals surface area contributed by atoms with Crippen molar-refractivity contribution in [2.75, 3.05) is 10.0 Å². The number of benzene rings is 2. The van der Waals surface area contributed by atoms with Crippen molar-refractivity contribution in [1.82, 2.24) is 0 Å². The van der Waals surface area contributed by atoms with Crippen LogP contribution in [0.5, 0.6) is 0 Å². The Balaban J connectivity index is 1.74. The van der Waals surface area contributed by atoms with E-state index in [2.05, 4.69) is 23.9 Å². The third-order valence-corrected chi connectivity index (χ3v) is 5.89. The van der Waals surface area contributed by atoms with Gasteiger partial charge in [-0.1, -0.05) is 32.0 Å². The Morgan fingerprint density at radius 2 is 1.75 bits per heavy atom. The van der Waals surface area contributed by atoms with Crippen molar-refractivity contribution in [3.63, 3.8) is 0 Å². The molecule has 2 aromatic carbocycles. The Morgan fingerprint density at radius 1 is 1.04 bits per heavy atom. The van der Waals surface area contributed by atoms with Crippen LogP contribution in [0.1, 0.15) is 42.3 Å². The molecule has 0 aliphatic carbocycles. The van der Waals surface area contributed by atoms with Gasteiger partial charge in [0.1, 0.15) is 0 Å². The fourth-order valence-electron chi connectivity index (χ4n) is 2.69. The summed E-state index contributed by atoms with van der Waals surface area (Å²) in [5.74, 6) is 0.136. The average Bonchev–Trinajstić information content (AvgIpc) is 3.22. The summed E-state index contributed by atoms with van der Waals surface area (Å²) in [5, 5.41) is 2.67. The zero-order valence-corrected chi connectivity index (χ0v) is 16.5. The molecule has 0 saturated heterocycles. The van der Waals surface area contributed by atoms with E-state index in [1.54, 1.807) is 48.5 Å². The maximum Gasteiger partial charge on any atom is 0.291 e. The molecule has 0 aliphatic heterocycles. The summed E-state index contributed by atoms with van der Waals surface area (Å²) in [6, 6.07) is 16.5. The Kier molecular flexibility index (Phi) is 5.84. The molecule has 0 saturated carbocycles. The summed E-state index contributed by atoms with van der Waals surface area (Å²) >= 11 is 0. The highest BCUT2D eigenvalue weighted by atomic mass is 32.2. The highest BCUT2D eigenvalue weighted by Gasteiger charge is 2.16. The lowest BCUT2D eigenvalue weighted by Gasteiger charge is -2.12. The van der Waals surface area contributed by atoms with Gasteiger partial charge in [-0.2, -0.15) is 0 Å². The van der Waals surface area contributed by atoms with Gasteiger partial charge in [0.2, 0.25) is 0 Å². The highest BCUT2D eigenvalue weighted by Crippen LogP contribution is 2.23. The zero-order chi connectivity index (χ0) is 20.1. The average molecular weight is 398 g/mol. The predicted molar refractivity (Wildman–Crippen MR) is 109 cm³/mol. The molecule has 3 rings (SSSR count). The molecular formula is C21H22N2O4S. The van der Waals surface area contributed by atoms with E-state index in [9.17, 15) is 13.2 Å². The second kappa shape index (κ2) is 8.31. The zero-order valence-electron chi connectivity index (χ0n) is 15.7. The lowest BCUT2D eigenvalue weighted by atomic mass is 9.99. The minimum Gasteiger partial charge on any atom is -0.459 e. The molecule has 1 amide bonds. The summed E-state index contributed by atoms with van der Waals surface area (Å²) in [5.41, 5.74) is 1.90. The molecule has 0 spiro atoms. The van der Waals surface area contributed by atoms with Gasteiger partial charge in [0.25, 0.3) is 15.9 Å². The first-order chi connectivity index (χ1) is 13.4. The van der Waals surface area contributed by atoms with Crippen LogP contribution in [0.15, 0.2) is 76.2 Å². The van der Waals surface area contributed by atoms with E-state index < -0.39 is 15.9 Å². The van der Waals surface area contributed by atoms with Crippen molar-refractivity contribution in [3.8, 4) is 0 Å². The number of sulfonamides is 1. The van der Waals surface area contributed by atoms with Gasteiger partial charge in [-0.05, 0) is 60.4 Å². The third kappa shape index (κ3) is 4.61. The summed E-state index contributed by atoms with van der Waals surface area (Å²) in [6.45, 7) is 4.19. The standard InChI is InChI=1S/C21H22N2O4S/c1-3-15(2)16-9-11-19(12-10-16)28(25,26)23-18-7-4-6-17(14-18)22-21(24)20-8-5-13-27-20/h4-15,23H,3H2,1-2H3,(H,22,24). The van der Waals surface area contributed by atoms with Crippen molar-refractivity contribution in [3.05, 3.63) is 78.3 Å². The van der Waals surface area contributed by atoms with Gasteiger partial charge in [0.05, 0.1) is 16.8 Å². The lowest BCUT2D eigenvalue weighted by molar-refractivity contribution is 0.0996. The number of furan rings is 1. The van der Waals surface area contributed by atoms with Gasteiger partial charge >= 0.3 is 0 Å². The van der Waals surface area contributed by atoms with E-state index in [0.29, 0.717) is 17.3 Å². The third-order valence-electron chi connectivity index (χ3n) is 4.49. The maximum absolute atomic E-state index is 12.7. The van der Waals surface area contributed by atoms with Gasteiger partial charge in [-0.15, -0.1) is 0 Å². The largest absolute Gasteiger partial charge is 0.459 e. The number of carbonyl (C=O) groups is 1. The van der Waals surface area contributed by atoms with Crippen LogP contribution in [0, 0.1) is 0 Å². The van der Waals surface area contributed by atoms with E-state index in [-0.39, 0.29) is 10.7 Å². The SMILES string of the molecule is CCC(C)c1ccc(S(=O)(=O)Nc2cccc(NC(=O)c3ccco3)c2)cc1. The number of hydrogen-bond acceptors (Lipinski definition) is 4. The molecule has 2 N–H and O–H groups in total. The van der Waals surface area contributed by atoms with Crippen molar-refractivity contribution >= 4 is 27.3 Å². The van der Waals surface area contributed by atoms with Gasteiger partial charge in [0.15, 0.2) is 5.76 Å². The van der Waals surface area contributed by atoms with Crippen LogP contribution in [0.4, 0.5) is 11.4 Å². The fourth-order valence-corrected chi connectivity index (χ4v) is 3.74. The number of anilines is 2. The molecule has 7 heteroatoms. The maximum atomic E-state index is 12.7. The number of rotatable bonds is 7. The molecule has 0 aliphatic rings. The predicted octanol–water partition coefficient (Wildman–Crippen LogP) is 4.85. The van der Waals surface area contributed by atoms with Gasteiger partial charge in [-0.3, -0.25) is 9.52 Å². The van der Waals surface area contributed by atoms with Crippen LogP contribution in [0.2, 0.25) is 0 Å². The first-order valence-corrected chi connectivity index (χ1v) is 10.4. The molecule has 0 fully saturated rings. The number of nitrogens with one attached hydrogen (secondary N) is 2. The monoisotopic (exact) mass is 398 g/mol. The van der Waals surface area contributed by atoms with Crippen LogP contribution >= 0.6 is 0 Å². The Hall–Kier alpha value is -3.06. The van der Waals surface area contributed by atoms with Crippen LogP contribution < -0.4 is 10.0 Å². The van der Waals surface area contributed by atoms with Crippen LogP contribution in [-0.2, 0) is 10.0 Å². The van der Waals surface area contributed by atoms with Crippen LogP contribution in [0.3, 0.4) is 0 Å². The molecule has 1 atom stereocenters. The molecule has 1 aromatic heterocycles. The number of hydrogen-bond donors (Lipinski definition) is 2. The topological polar surface area (TPSA) is 88.4 Å². The van der Waals surface area contributed by atoms with E-state index in [0.717, 1.165) is 12.0 Å². The first kappa shape index (κ1) is 19.7. The summed E-state index contributed by atoms with van der Waals surface area (Å²) in [6.07, 6.45) is 2.40. The van der Waals surface area contributed by atoms with Gasteiger partial charge in [0, 0.05) is 5.69 Å². The molecule has 3 aromatic rings. The van der Waals surface area contributed by atoms with E-state index >= 15 is 0 Å². The van der Waals surface area contributed by atoms with Crippen LogP contribution in [-0.4, -0.2) is 14.3 Å². The fraction of sp³-hybridized carbons (Fsp3) is 0.190. The molecule has 6 nitrogen and oxygen atoms in total. The lowest BCUT2D eigenvalue weighted by Crippen LogP contribution is -2.14. The molecule has 28 heavy (non-hydrogen) atoms. The summed E-state index contributed by atoms with van der Waals surface area (Å²) in [4.78, 5) is 12.2. The summed E-state index contributed by atoms with van der Waals surface area (Å²) < 4.78 is 32.9. The smallest absolute Gasteiger partial charge is 0.291 e. The second-order valence-corrected chi connectivity index (χ2v) is 8.18. The molecule has 0 radical (unpaired) electrons. The van der Waals surface area contributed by atoms with E-state index in [4.69, 9.17) is 4.42 Å². The molecule has 0 bridgehead atoms. The van der Waals surface area contributed by atoms with Crippen molar-refractivity contribution in [2.24, 2.45) is 0 Å². The molecule has 146 valence electrons. The first-order valence-electron chi connectivity index (χ1n) is 8.96. The normalized spacial score (nSPS) is 12.4. The van der Waals surface area contributed by atoms with Gasteiger partial charge in [-0.25, -0.2) is 8.42 Å². The summed E-state index contributed by atoms with van der Waals surface area (Å²) in [7, 11) is -3.73. The second-order valence-electron chi connectivity index (χ2n) is 6.50.